The van der Waals surface area contributed by atoms with Gasteiger partial charge in [-0.3, -0.25) is 4.79 Å². The maximum atomic E-state index is 10.6. The molecule has 0 saturated heterocycles. The van der Waals surface area contributed by atoms with E-state index in [1.165, 1.54) is 0 Å². The van der Waals surface area contributed by atoms with Crippen molar-refractivity contribution in [2.75, 3.05) is 12.8 Å². The summed E-state index contributed by atoms with van der Waals surface area (Å²) in [4.78, 5) is 10.6. The number of likely N-dealkylation sites (N-methyl/N-ethyl adjacent to an activating group) is 1. The Labute approximate surface area is 58.2 Å². The average Bonchev–Trinajstić information content (AvgIpc) is 1.87. The zero-order valence-corrected chi connectivity index (χ0v) is 6.07. The maximum absolute atomic E-state index is 10.6. The summed E-state index contributed by atoms with van der Waals surface area (Å²) in [5.41, 5.74) is 10.4. The number of nitrogens with two attached hydrogens (primary N) is 1. The molecule has 0 aromatic rings. The lowest BCUT2D eigenvalue weighted by atomic mass is 10.3. The third-order valence-electron chi connectivity index (χ3n) is 0.859. The Bertz CT molecular complexity index is 140. The molecule has 0 radical (unpaired) electrons. The Kier molecular flexibility index (Phi) is 4.05. The summed E-state index contributed by atoms with van der Waals surface area (Å²) in [7, 11) is 1.55. The van der Waals surface area contributed by atoms with Crippen molar-refractivity contribution in [2.24, 2.45) is 5.73 Å². The van der Waals surface area contributed by atoms with Crippen LogP contribution in [0, 0.1) is 5.69 Å². The predicted octanol–water partition coefficient (Wildman–Crippen LogP) is -0.618. The summed E-state index contributed by atoms with van der Waals surface area (Å²) in [5.74, 6) is 0.285. The van der Waals surface area contributed by atoms with Gasteiger partial charge in [-0.1, -0.05) is 0 Å². The Morgan fingerprint density at radius 3 is 2.89 bits per heavy atom. The minimum Gasteiger partial charge on any atom is -0.358 e. The molecule has 52 valence electrons. The van der Waals surface area contributed by atoms with Crippen LogP contribution in [0.15, 0.2) is 0 Å². The first-order chi connectivity index (χ1) is 4.22. The fourth-order valence-corrected chi connectivity index (χ4v) is 0.723. The SMILES string of the molecule is C#SCC(N)C(=O)NC. The van der Waals surface area contributed by atoms with E-state index in [1.54, 1.807) is 7.05 Å². The largest absolute Gasteiger partial charge is 0.358 e. The van der Waals surface area contributed by atoms with Crippen LogP contribution in [0.1, 0.15) is 0 Å². The van der Waals surface area contributed by atoms with E-state index in [0.29, 0.717) is 5.75 Å². The lowest BCUT2D eigenvalue weighted by molar-refractivity contribution is -0.121. The second-order valence-electron chi connectivity index (χ2n) is 1.55. The van der Waals surface area contributed by atoms with Crippen LogP contribution in [0.3, 0.4) is 0 Å². The molecule has 1 amide bonds. The number of nitrogens with one attached hydrogen (secondary N) is 1. The Morgan fingerprint density at radius 2 is 2.56 bits per heavy atom. The molecule has 0 bridgehead atoms. The van der Waals surface area contributed by atoms with Crippen molar-refractivity contribution in [2.45, 2.75) is 6.04 Å². The van der Waals surface area contributed by atoms with Gasteiger partial charge < -0.3 is 11.1 Å². The van der Waals surface area contributed by atoms with E-state index in [2.05, 4.69) is 5.32 Å². The molecule has 0 saturated carbocycles. The van der Waals surface area contributed by atoms with Crippen molar-refractivity contribution >= 4 is 17.1 Å². The van der Waals surface area contributed by atoms with Gasteiger partial charge in [0.2, 0.25) is 5.91 Å². The summed E-state index contributed by atoms with van der Waals surface area (Å²) < 4.78 is 0. The molecule has 0 rings (SSSR count). The minimum atomic E-state index is -0.481. The van der Waals surface area contributed by atoms with Gasteiger partial charge >= 0.3 is 0 Å². The average molecular weight is 146 g/mol. The fourth-order valence-electron chi connectivity index (χ4n) is 0.365. The van der Waals surface area contributed by atoms with Crippen molar-refractivity contribution in [3.05, 3.63) is 0 Å². The van der Waals surface area contributed by atoms with E-state index >= 15 is 0 Å². The molecule has 4 heteroatoms. The van der Waals surface area contributed by atoms with Gasteiger partial charge in [-0.2, -0.15) is 0 Å². The molecule has 0 aliphatic rings. The summed E-state index contributed by atoms with van der Waals surface area (Å²) >= 11 is 1.07. The Morgan fingerprint density at radius 1 is 2.00 bits per heavy atom. The smallest absolute Gasteiger partial charge is 0.237 e. The van der Waals surface area contributed by atoms with Crippen LogP contribution < -0.4 is 11.1 Å². The van der Waals surface area contributed by atoms with Crippen LogP contribution in [-0.2, 0) is 4.79 Å². The number of carbonyl (C=O) groups is 1. The molecular weight excluding hydrogens is 136 g/mol. The van der Waals surface area contributed by atoms with Crippen LogP contribution in [0.5, 0.6) is 0 Å². The molecule has 0 aliphatic carbocycles. The molecule has 0 aromatic heterocycles. The predicted molar refractivity (Wildman–Crippen MR) is 39.4 cm³/mol. The van der Waals surface area contributed by atoms with Crippen LogP contribution in [0.25, 0.3) is 0 Å². The van der Waals surface area contributed by atoms with Gasteiger partial charge in [0, 0.05) is 12.8 Å². The maximum Gasteiger partial charge on any atom is 0.237 e. The number of amides is 1. The molecule has 3 N–H and O–H groups in total. The van der Waals surface area contributed by atoms with Crippen molar-refractivity contribution in [1.82, 2.24) is 5.32 Å². The standard InChI is InChI=1S/C5H10N2OS/c1-7-5(8)4(6)3-9-2/h2,4H,3,6H2,1H3,(H,7,8). The minimum absolute atomic E-state index is 0.173. The third kappa shape index (κ3) is 3.08. The van der Waals surface area contributed by atoms with E-state index in [0.717, 1.165) is 11.2 Å². The Balaban J connectivity index is 3.62. The van der Waals surface area contributed by atoms with Crippen LogP contribution >= 0.6 is 11.2 Å². The quantitative estimate of drug-likeness (QED) is 0.545. The second kappa shape index (κ2) is 4.32. The molecule has 1 unspecified atom stereocenters. The van der Waals surface area contributed by atoms with Crippen LogP contribution in [0.2, 0.25) is 0 Å². The molecule has 0 spiro atoms. The van der Waals surface area contributed by atoms with Gasteiger partial charge in [-0.05, 0) is 0 Å². The van der Waals surface area contributed by atoms with E-state index in [4.69, 9.17) is 11.4 Å². The highest BCUT2D eigenvalue weighted by atomic mass is 32.1. The van der Waals surface area contributed by atoms with Crippen molar-refractivity contribution < 1.29 is 4.79 Å². The molecule has 9 heavy (non-hydrogen) atoms. The molecule has 1 atom stereocenters. The number of hydrogen-bond donors (Lipinski definition) is 2. The zero-order valence-electron chi connectivity index (χ0n) is 5.26. The first-order valence-corrected chi connectivity index (χ1v) is 3.56. The van der Waals surface area contributed by atoms with Crippen molar-refractivity contribution in [3.63, 3.8) is 0 Å². The third-order valence-corrected chi connectivity index (χ3v) is 1.41. The summed E-state index contributed by atoms with van der Waals surface area (Å²) in [5, 5.41) is 2.42. The summed E-state index contributed by atoms with van der Waals surface area (Å²) in [6, 6.07) is -0.481. The van der Waals surface area contributed by atoms with Crippen molar-refractivity contribution in [3.8, 4) is 5.69 Å². The number of carbonyl (C=O) groups excluding carboxylic acids is 1. The van der Waals surface area contributed by atoms with Gasteiger partial charge in [0.15, 0.2) is 0 Å². The van der Waals surface area contributed by atoms with E-state index in [9.17, 15) is 4.79 Å². The molecule has 0 aliphatic heterocycles. The number of rotatable bonds is 2. The highest BCUT2D eigenvalue weighted by Gasteiger charge is 2.07. The van der Waals surface area contributed by atoms with Gasteiger partial charge in [0.1, 0.15) is 0 Å². The highest BCUT2D eigenvalue weighted by molar-refractivity contribution is 7.88. The molecule has 3 nitrogen and oxygen atoms in total. The van der Waals surface area contributed by atoms with Gasteiger partial charge in [0.05, 0.1) is 6.04 Å². The molecule has 0 fully saturated rings. The lowest BCUT2D eigenvalue weighted by Crippen LogP contribution is -2.40. The number of hydrogen-bond acceptors (Lipinski definition) is 2. The Hall–Kier alpha value is -0.570. The van der Waals surface area contributed by atoms with E-state index < -0.39 is 6.04 Å². The van der Waals surface area contributed by atoms with Crippen molar-refractivity contribution in [1.29, 1.82) is 0 Å². The van der Waals surface area contributed by atoms with Gasteiger partial charge in [-0.25, -0.2) is 0 Å². The van der Waals surface area contributed by atoms with Crippen LogP contribution in [0.4, 0.5) is 0 Å². The second-order valence-corrected chi connectivity index (χ2v) is 2.22. The lowest BCUT2D eigenvalue weighted by Gasteiger charge is -2.03. The topological polar surface area (TPSA) is 55.1 Å². The fraction of sp³-hybridized carbons (Fsp3) is 0.600. The first-order valence-electron chi connectivity index (χ1n) is 2.51. The molecule has 0 aromatic carbocycles. The van der Waals surface area contributed by atoms with Gasteiger partial charge in [-0.15, -0.1) is 16.9 Å². The summed E-state index contributed by atoms with van der Waals surface area (Å²) in [6.45, 7) is 0. The van der Waals surface area contributed by atoms with E-state index in [1.807, 2.05) is 0 Å². The zero-order chi connectivity index (χ0) is 7.28. The normalized spacial score (nSPS) is 12.1. The monoisotopic (exact) mass is 146 g/mol. The summed E-state index contributed by atoms with van der Waals surface area (Å²) in [6.07, 6.45) is 0. The molecular formula is C5H10N2OS. The van der Waals surface area contributed by atoms with Gasteiger partial charge in [0.25, 0.3) is 0 Å². The highest BCUT2D eigenvalue weighted by Crippen LogP contribution is 1.84. The first kappa shape index (κ1) is 8.43. The molecule has 0 heterocycles. The van der Waals surface area contributed by atoms with E-state index in [-0.39, 0.29) is 5.91 Å². The van der Waals surface area contributed by atoms with Crippen LogP contribution in [-0.4, -0.2) is 24.7 Å².